The minimum atomic E-state index is 0. The van der Waals surface area contributed by atoms with Gasteiger partial charge in [0.25, 0.3) is 0 Å². The van der Waals surface area contributed by atoms with Gasteiger partial charge in [0.1, 0.15) is 0 Å². The summed E-state index contributed by atoms with van der Waals surface area (Å²) in [4.78, 5) is 19.8. The number of hydrogen-bond donors (Lipinski definition) is 0. The molecule has 4 rings (SSSR count). The van der Waals surface area contributed by atoms with Crippen LogP contribution in [-0.2, 0) is 35.8 Å². The third kappa shape index (κ3) is 11.9. The van der Waals surface area contributed by atoms with E-state index in [9.17, 15) is 9.59 Å². The molecule has 0 saturated heterocycles. The van der Waals surface area contributed by atoms with E-state index in [0.29, 0.717) is 11.1 Å². The minimum Gasteiger partial charge on any atom is -0.678 e. The Morgan fingerprint density at radius 3 is 0.958 bits per heavy atom. The van der Waals surface area contributed by atoms with Crippen molar-refractivity contribution < 1.29 is 35.8 Å². The van der Waals surface area contributed by atoms with Gasteiger partial charge in [0.2, 0.25) is 0 Å². The zero-order valence-electron chi connectivity index (χ0n) is 31.1. The molecule has 4 aromatic carbocycles. The van der Waals surface area contributed by atoms with Crippen LogP contribution in [0.15, 0.2) is 60.7 Å². The molecule has 0 heterocycles. The molecule has 48 heavy (non-hydrogen) atoms. The predicted octanol–water partition coefficient (Wildman–Crippen LogP) is 11.5. The molecule has 0 spiro atoms. The number of nitrogens with zero attached hydrogens (tertiary/aromatic N) is 2. The summed E-state index contributed by atoms with van der Waals surface area (Å²) in [5.41, 5.74) is 17.2. The van der Waals surface area contributed by atoms with Gasteiger partial charge in [-0.15, -0.1) is 35.6 Å². The normalized spacial score (nSPS) is 11.3. The van der Waals surface area contributed by atoms with E-state index in [2.05, 4.69) is 89.5 Å². The Morgan fingerprint density at radius 1 is 0.479 bits per heavy atom. The van der Waals surface area contributed by atoms with Crippen LogP contribution in [-0.4, -0.2) is 24.7 Å². The molecular formula is C43H53N2O2Zr. The van der Waals surface area contributed by atoms with E-state index in [-0.39, 0.29) is 38.3 Å². The largest absolute Gasteiger partial charge is 3.00 e. The van der Waals surface area contributed by atoms with Crippen molar-refractivity contribution in [3.8, 4) is 0 Å². The minimum absolute atomic E-state index is 0. The molecule has 1 radical (unpaired) electrons. The third-order valence-electron chi connectivity index (χ3n) is 9.42. The summed E-state index contributed by atoms with van der Waals surface area (Å²) in [5, 5.41) is 10.2. The van der Waals surface area contributed by atoms with Gasteiger partial charge in [0.15, 0.2) is 0 Å². The summed E-state index contributed by atoms with van der Waals surface area (Å²) in [6.45, 7) is 26.6. The van der Waals surface area contributed by atoms with Crippen molar-refractivity contribution in [3.05, 3.63) is 144 Å². The Morgan fingerprint density at radius 2 is 0.729 bits per heavy atom. The second kappa shape index (κ2) is 20.8. The van der Waals surface area contributed by atoms with Crippen LogP contribution in [0.5, 0.6) is 0 Å². The zero-order chi connectivity index (χ0) is 35.3. The molecule has 5 heteroatoms. The van der Waals surface area contributed by atoms with Crippen LogP contribution in [0.4, 0.5) is 11.4 Å². The van der Waals surface area contributed by atoms with Crippen molar-refractivity contribution in [2.45, 2.75) is 108 Å². The first kappa shape index (κ1) is 42.6. The smallest absolute Gasteiger partial charge is 0.678 e. The Bertz CT molecular complexity index is 1430. The van der Waals surface area contributed by atoms with Gasteiger partial charge in [0.05, 0.1) is 31.8 Å². The fraction of sp³-hybridized carbons (Fsp3) is 0.372. The van der Waals surface area contributed by atoms with Crippen molar-refractivity contribution in [3.63, 3.8) is 0 Å². The van der Waals surface area contributed by atoms with Crippen LogP contribution in [0, 0.1) is 75.7 Å². The summed E-state index contributed by atoms with van der Waals surface area (Å²) >= 11 is 0. The molecule has 4 aromatic rings. The molecule has 0 aliphatic heterocycles. The monoisotopic (exact) mass is 719 g/mol. The number of hydrogen-bond acceptors (Lipinski definition) is 2. The average molecular weight is 721 g/mol. The van der Waals surface area contributed by atoms with Crippen molar-refractivity contribution >= 4 is 23.9 Å². The maximum absolute atomic E-state index is 9.88. The first-order valence-corrected chi connectivity index (χ1v) is 16.5. The Hall–Kier alpha value is -3.43. The molecule has 0 saturated carbocycles. The molecule has 0 aliphatic carbocycles. The van der Waals surface area contributed by atoms with Crippen LogP contribution in [0.3, 0.4) is 0 Å². The molecule has 0 N–H and O–H groups in total. The molecule has 0 amide bonds. The van der Waals surface area contributed by atoms with E-state index in [4.69, 9.17) is 10.6 Å². The van der Waals surface area contributed by atoms with E-state index in [1.165, 1.54) is 67.0 Å². The molecule has 0 aliphatic rings. The van der Waals surface area contributed by atoms with Gasteiger partial charge in [-0.3, -0.25) is 0 Å². The molecule has 4 nitrogen and oxygen atoms in total. The van der Waals surface area contributed by atoms with Gasteiger partial charge >= 0.3 is 26.2 Å². The van der Waals surface area contributed by atoms with E-state index >= 15 is 0 Å². The van der Waals surface area contributed by atoms with Gasteiger partial charge in [-0.1, -0.05) is 60.3 Å². The Balaban J connectivity index is 0.000000548. The van der Waals surface area contributed by atoms with Gasteiger partial charge in [-0.2, -0.15) is 35.4 Å². The number of benzene rings is 4. The number of rotatable bonds is 10. The van der Waals surface area contributed by atoms with Crippen LogP contribution in [0.25, 0.3) is 10.6 Å². The molecule has 251 valence electrons. The third-order valence-corrected chi connectivity index (χ3v) is 9.42. The molecule has 0 bridgehead atoms. The Kier molecular flexibility index (Phi) is 18.5. The summed E-state index contributed by atoms with van der Waals surface area (Å²) < 4.78 is 0. The van der Waals surface area contributed by atoms with E-state index in [1.807, 2.05) is 12.1 Å². The Labute approximate surface area is 310 Å². The molecular weight excluding hydrogens is 668 g/mol. The summed E-state index contributed by atoms with van der Waals surface area (Å²) in [6.07, 6.45) is 7.89. The summed E-state index contributed by atoms with van der Waals surface area (Å²) in [5.74, 6) is 0. The topological polar surface area (TPSA) is 62.3 Å². The molecule has 2 atom stereocenters. The fourth-order valence-corrected chi connectivity index (χ4v) is 5.48. The van der Waals surface area contributed by atoms with Crippen molar-refractivity contribution in [1.29, 1.82) is 0 Å². The summed E-state index contributed by atoms with van der Waals surface area (Å²) in [7, 11) is 0. The van der Waals surface area contributed by atoms with Crippen LogP contribution < -0.4 is 0 Å². The second-order valence-corrected chi connectivity index (χ2v) is 12.6. The van der Waals surface area contributed by atoms with Gasteiger partial charge in [-0.05, 0) is 103 Å². The second-order valence-electron chi connectivity index (χ2n) is 12.6. The van der Waals surface area contributed by atoms with Gasteiger partial charge in [-0.25, -0.2) is 0 Å². The van der Waals surface area contributed by atoms with Gasteiger partial charge < -0.3 is 20.2 Å². The van der Waals surface area contributed by atoms with Gasteiger partial charge in [0, 0.05) is 0 Å². The van der Waals surface area contributed by atoms with Crippen molar-refractivity contribution in [1.82, 2.24) is 0 Å². The van der Waals surface area contributed by atoms with Crippen LogP contribution in [0.2, 0.25) is 0 Å². The van der Waals surface area contributed by atoms with E-state index in [0.717, 1.165) is 12.8 Å². The first-order chi connectivity index (χ1) is 22.2. The number of carbonyl (C=O) groups excluding carboxylic acids is 2. The van der Waals surface area contributed by atoms with E-state index < -0.39 is 0 Å². The van der Waals surface area contributed by atoms with E-state index in [1.54, 1.807) is 61.1 Å². The quantitative estimate of drug-likeness (QED) is 0.153. The SMILES string of the molecule is Cc1c(C)c(C)c([N-]C(C)C[CH+]CC(C)[N-]c2c(C)c(C)c(C)c(C)c2C)c(C)c1C.O=[C-]c1ccccc1.O=[C-]c1ccccc1.[Zr+3]. The van der Waals surface area contributed by atoms with Crippen molar-refractivity contribution in [2.75, 3.05) is 0 Å². The maximum Gasteiger partial charge on any atom is 3.00 e. The standard InChI is InChI=1S/C29H43N2.2C7H5O.Zr/c1-16(30-28-24(9)20(5)18(3)21(6)25(28)10)14-13-15-17(2)31-29-26(11)22(7)19(4)23(8)27(29)12;2*8-6-7-4-2-1-3-5-7;/h13,16-17H,14-15H2,1-12H3;2*1-5H;/q3*-1;+3. The maximum atomic E-state index is 9.88. The molecule has 0 aromatic heterocycles. The summed E-state index contributed by atoms with van der Waals surface area (Å²) in [6, 6.07) is 18.4. The molecule has 2 unspecified atom stereocenters. The fourth-order valence-electron chi connectivity index (χ4n) is 5.48. The first-order valence-electron chi connectivity index (χ1n) is 16.5. The predicted molar refractivity (Wildman–Crippen MR) is 201 cm³/mol. The van der Waals surface area contributed by atoms with Crippen LogP contribution >= 0.6 is 0 Å². The van der Waals surface area contributed by atoms with Crippen molar-refractivity contribution in [2.24, 2.45) is 0 Å². The molecule has 0 fully saturated rings. The average Bonchev–Trinajstić information content (AvgIpc) is 3.09. The van der Waals surface area contributed by atoms with Crippen LogP contribution in [0.1, 0.15) is 93.5 Å². The zero-order valence-corrected chi connectivity index (χ0v) is 33.6.